The Morgan fingerprint density at radius 2 is 1.95 bits per heavy atom. The highest BCUT2D eigenvalue weighted by Crippen LogP contribution is 2.30. The maximum atomic E-state index is 13.8. The van der Waals surface area contributed by atoms with Crippen LogP contribution in [0.5, 0.6) is 0 Å². The van der Waals surface area contributed by atoms with Gasteiger partial charge < -0.3 is 4.74 Å². The quantitative estimate of drug-likeness (QED) is 0.869. The second kappa shape index (κ2) is 6.28. The molecule has 0 aliphatic carbocycles. The summed E-state index contributed by atoms with van der Waals surface area (Å²) >= 11 is 2.89. The highest BCUT2D eigenvalue weighted by Gasteiger charge is 2.31. The first-order valence-corrected chi connectivity index (χ1v) is 8.73. The van der Waals surface area contributed by atoms with Gasteiger partial charge in [-0.25, -0.2) is 21.9 Å². The minimum absolute atomic E-state index is 0.135. The fourth-order valence-corrected chi connectivity index (χ4v) is 4.53. The third-order valence-corrected chi connectivity index (χ3v) is 5.99. The lowest BCUT2D eigenvalue weighted by atomic mass is 9.83. The molecule has 1 aromatic carbocycles. The van der Waals surface area contributed by atoms with Gasteiger partial charge in [0.2, 0.25) is 10.0 Å². The summed E-state index contributed by atoms with van der Waals surface area (Å²) in [6, 6.07) is 1.48. The number of nitrogens with one attached hydrogen (secondary N) is 1. The van der Waals surface area contributed by atoms with Crippen molar-refractivity contribution in [3.8, 4) is 0 Å². The molecule has 21 heavy (non-hydrogen) atoms. The molecular weight excluding hydrogens is 368 g/mol. The number of halogens is 3. The lowest BCUT2D eigenvalue weighted by molar-refractivity contribution is 0.0264. The summed E-state index contributed by atoms with van der Waals surface area (Å²) in [5, 5.41) is 0. The lowest BCUT2D eigenvalue weighted by Crippen LogP contribution is -2.39. The maximum absolute atomic E-state index is 13.8. The molecule has 1 heterocycles. The second-order valence-electron chi connectivity index (χ2n) is 5.45. The standard InChI is InChI=1S/C13H16BrF2NO3S/c1-13(2-4-20-5-3-13)8-17-21(18,19)12-10(14)6-9(15)7-11(12)16/h6-7,17H,2-5,8H2,1H3. The zero-order valence-corrected chi connectivity index (χ0v) is 13.9. The van der Waals surface area contributed by atoms with Crippen LogP contribution >= 0.6 is 15.9 Å². The molecule has 0 unspecified atom stereocenters. The monoisotopic (exact) mass is 383 g/mol. The van der Waals surface area contributed by atoms with E-state index in [2.05, 4.69) is 20.7 Å². The molecule has 0 saturated carbocycles. The summed E-state index contributed by atoms with van der Waals surface area (Å²) < 4.78 is 58.8. The van der Waals surface area contributed by atoms with Gasteiger partial charge in [-0.05, 0) is 40.3 Å². The Balaban J connectivity index is 2.19. The van der Waals surface area contributed by atoms with Gasteiger partial charge in [-0.15, -0.1) is 0 Å². The molecule has 0 radical (unpaired) electrons. The highest BCUT2D eigenvalue weighted by atomic mass is 79.9. The normalized spacial score (nSPS) is 18.7. The van der Waals surface area contributed by atoms with Crippen molar-refractivity contribution in [1.82, 2.24) is 4.72 Å². The molecule has 0 aromatic heterocycles. The Kier molecular flexibility index (Phi) is 5.02. The van der Waals surface area contributed by atoms with Crippen molar-refractivity contribution in [1.29, 1.82) is 0 Å². The van der Waals surface area contributed by atoms with Crippen molar-refractivity contribution >= 4 is 26.0 Å². The first kappa shape index (κ1) is 16.8. The van der Waals surface area contributed by atoms with Crippen LogP contribution in [0.1, 0.15) is 19.8 Å². The van der Waals surface area contributed by atoms with E-state index in [4.69, 9.17) is 4.74 Å². The molecule has 0 amide bonds. The van der Waals surface area contributed by atoms with Gasteiger partial charge >= 0.3 is 0 Å². The topological polar surface area (TPSA) is 55.4 Å². The van der Waals surface area contributed by atoms with Gasteiger partial charge in [-0.3, -0.25) is 0 Å². The zero-order valence-electron chi connectivity index (χ0n) is 11.5. The van der Waals surface area contributed by atoms with Gasteiger partial charge in [0.15, 0.2) is 0 Å². The summed E-state index contributed by atoms with van der Waals surface area (Å²) in [7, 11) is -4.06. The molecule has 1 aromatic rings. The number of rotatable bonds is 4. The summed E-state index contributed by atoms with van der Waals surface area (Å²) in [6.07, 6.45) is 1.45. The lowest BCUT2D eigenvalue weighted by Gasteiger charge is -2.33. The molecule has 8 heteroatoms. The van der Waals surface area contributed by atoms with E-state index in [1.54, 1.807) is 0 Å². The summed E-state index contributed by atoms with van der Waals surface area (Å²) in [5.41, 5.74) is -0.228. The molecule has 0 spiro atoms. The van der Waals surface area contributed by atoms with Crippen LogP contribution in [0.25, 0.3) is 0 Å². The smallest absolute Gasteiger partial charge is 0.244 e. The van der Waals surface area contributed by atoms with Crippen LogP contribution in [0.3, 0.4) is 0 Å². The molecular formula is C13H16BrF2NO3S. The number of hydrogen-bond donors (Lipinski definition) is 1. The Bertz CT molecular complexity index is 607. The Morgan fingerprint density at radius 1 is 1.33 bits per heavy atom. The van der Waals surface area contributed by atoms with Gasteiger partial charge in [-0.1, -0.05) is 6.92 Å². The highest BCUT2D eigenvalue weighted by molar-refractivity contribution is 9.10. The first-order chi connectivity index (χ1) is 9.73. The van der Waals surface area contributed by atoms with Gasteiger partial charge in [-0.2, -0.15) is 0 Å². The van der Waals surface area contributed by atoms with Crippen molar-refractivity contribution in [3.05, 3.63) is 28.2 Å². The molecule has 118 valence electrons. The van der Waals surface area contributed by atoms with E-state index in [1.807, 2.05) is 6.92 Å². The average molecular weight is 384 g/mol. The van der Waals surface area contributed by atoms with E-state index in [9.17, 15) is 17.2 Å². The second-order valence-corrected chi connectivity index (χ2v) is 8.00. The maximum Gasteiger partial charge on any atom is 0.244 e. The van der Waals surface area contributed by atoms with Crippen LogP contribution in [0, 0.1) is 17.0 Å². The molecule has 0 atom stereocenters. The first-order valence-electron chi connectivity index (χ1n) is 6.45. The van der Waals surface area contributed by atoms with Crippen LogP contribution in [0.4, 0.5) is 8.78 Å². The molecule has 1 N–H and O–H groups in total. The van der Waals surface area contributed by atoms with Crippen LogP contribution in [-0.4, -0.2) is 28.2 Å². The van der Waals surface area contributed by atoms with Crippen LogP contribution in [-0.2, 0) is 14.8 Å². The van der Waals surface area contributed by atoms with Crippen LogP contribution in [0.2, 0.25) is 0 Å². The van der Waals surface area contributed by atoms with Gasteiger partial charge in [0.25, 0.3) is 0 Å². The molecule has 1 aliphatic rings. The van der Waals surface area contributed by atoms with Crippen molar-refractivity contribution in [2.24, 2.45) is 5.41 Å². The number of hydrogen-bond acceptors (Lipinski definition) is 3. The minimum Gasteiger partial charge on any atom is -0.381 e. The molecule has 4 nitrogen and oxygen atoms in total. The number of sulfonamides is 1. The van der Waals surface area contributed by atoms with E-state index in [-0.39, 0.29) is 16.4 Å². The van der Waals surface area contributed by atoms with Crippen molar-refractivity contribution in [2.75, 3.05) is 19.8 Å². The summed E-state index contributed by atoms with van der Waals surface area (Å²) in [4.78, 5) is -0.570. The fourth-order valence-electron chi connectivity index (χ4n) is 2.17. The van der Waals surface area contributed by atoms with Crippen molar-refractivity contribution in [2.45, 2.75) is 24.7 Å². The van der Waals surface area contributed by atoms with Crippen LogP contribution in [0.15, 0.2) is 21.5 Å². The van der Waals surface area contributed by atoms with Gasteiger partial charge in [0.05, 0.1) is 0 Å². The van der Waals surface area contributed by atoms with Crippen molar-refractivity contribution < 1.29 is 21.9 Å². The SMILES string of the molecule is CC1(CNS(=O)(=O)c2c(F)cc(F)cc2Br)CCOCC1. The van der Waals surface area contributed by atoms with E-state index in [0.29, 0.717) is 19.3 Å². The molecule has 2 rings (SSSR count). The van der Waals surface area contributed by atoms with Crippen molar-refractivity contribution in [3.63, 3.8) is 0 Å². The van der Waals surface area contributed by atoms with E-state index in [1.165, 1.54) is 0 Å². The van der Waals surface area contributed by atoms with E-state index in [0.717, 1.165) is 18.9 Å². The largest absolute Gasteiger partial charge is 0.381 e. The predicted octanol–water partition coefficient (Wildman–Crippen LogP) is 2.82. The Hall–Kier alpha value is -0.570. The minimum atomic E-state index is -4.06. The molecule has 1 fully saturated rings. The molecule has 1 aliphatic heterocycles. The van der Waals surface area contributed by atoms with E-state index >= 15 is 0 Å². The Labute approximate surface area is 131 Å². The van der Waals surface area contributed by atoms with Crippen LogP contribution < -0.4 is 4.72 Å². The predicted molar refractivity (Wildman–Crippen MR) is 77.4 cm³/mol. The third kappa shape index (κ3) is 4.00. The summed E-state index contributed by atoms with van der Waals surface area (Å²) in [6.45, 7) is 3.29. The summed E-state index contributed by atoms with van der Waals surface area (Å²) in [5.74, 6) is -1.96. The molecule has 0 bridgehead atoms. The number of ether oxygens (including phenoxy) is 1. The average Bonchev–Trinajstić information content (AvgIpc) is 2.36. The third-order valence-electron chi connectivity index (χ3n) is 3.62. The van der Waals surface area contributed by atoms with Gasteiger partial charge in [0, 0.05) is 30.3 Å². The van der Waals surface area contributed by atoms with Gasteiger partial charge in [0.1, 0.15) is 16.5 Å². The molecule has 1 saturated heterocycles. The van der Waals surface area contributed by atoms with E-state index < -0.39 is 26.6 Å². The number of benzene rings is 1. The fraction of sp³-hybridized carbons (Fsp3) is 0.538. The Morgan fingerprint density at radius 3 is 2.52 bits per heavy atom. The zero-order chi connectivity index (χ0) is 15.7.